The molecule has 10 aromatic rings. The van der Waals surface area contributed by atoms with Gasteiger partial charge in [-0.05, 0) is 179 Å². The third-order valence-corrected chi connectivity index (χ3v) is 14.0. The summed E-state index contributed by atoms with van der Waals surface area (Å²) in [5.74, 6) is 0. The van der Waals surface area contributed by atoms with Crippen molar-refractivity contribution < 1.29 is 0 Å². The molecule has 0 saturated carbocycles. The van der Waals surface area contributed by atoms with E-state index in [9.17, 15) is 0 Å². The molecule has 0 N–H and O–H groups in total. The summed E-state index contributed by atoms with van der Waals surface area (Å²) in [6.45, 7) is 13.7. The van der Waals surface area contributed by atoms with Gasteiger partial charge in [0.25, 0.3) is 0 Å². The van der Waals surface area contributed by atoms with Crippen LogP contribution < -0.4 is 9.80 Å². The van der Waals surface area contributed by atoms with Crippen molar-refractivity contribution in [2.75, 3.05) is 9.80 Å². The second-order valence-electron chi connectivity index (χ2n) is 20.6. The zero-order valence-corrected chi connectivity index (χ0v) is 40.1. The Morgan fingerprint density at radius 1 is 0.338 bits per heavy atom. The van der Waals surface area contributed by atoms with Crippen molar-refractivity contribution in [1.82, 2.24) is 0 Å². The SMILES string of the molecule is CC(C)(C)c1ccc(N(c2ccccc2)c2ccc3c(-c4ccc5ccccc5c4)c4cc(N(c5ccccc5)c5ccc(C(C)(C)C)cc5)ccc4c(C4=Cc5ccccc5CC4)c3c2)cc1. The Balaban J connectivity index is 1.22. The Morgan fingerprint density at radius 3 is 1.35 bits per heavy atom. The highest BCUT2D eigenvalue weighted by Crippen LogP contribution is 2.49. The molecule has 0 aliphatic heterocycles. The minimum absolute atomic E-state index is 0.0501. The minimum Gasteiger partial charge on any atom is -0.310 e. The summed E-state index contributed by atoms with van der Waals surface area (Å²) in [4.78, 5) is 4.84. The number of fused-ring (bicyclic) bond motifs is 4. The second-order valence-corrected chi connectivity index (χ2v) is 20.6. The van der Waals surface area contributed by atoms with E-state index in [0.29, 0.717) is 0 Å². The van der Waals surface area contributed by atoms with E-state index in [4.69, 9.17) is 0 Å². The molecule has 68 heavy (non-hydrogen) atoms. The molecule has 10 aromatic carbocycles. The van der Waals surface area contributed by atoms with Gasteiger partial charge in [0.15, 0.2) is 0 Å². The molecule has 332 valence electrons. The van der Waals surface area contributed by atoms with Gasteiger partial charge >= 0.3 is 0 Å². The van der Waals surface area contributed by atoms with Crippen LogP contribution in [0.25, 0.3) is 55.1 Å². The van der Waals surface area contributed by atoms with Crippen LogP contribution in [0.4, 0.5) is 34.1 Å². The Kier molecular flexibility index (Phi) is 10.9. The Labute approximate surface area is 402 Å². The van der Waals surface area contributed by atoms with Crippen molar-refractivity contribution in [3.8, 4) is 11.1 Å². The van der Waals surface area contributed by atoms with Crippen LogP contribution in [0, 0.1) is 0 Å². The van der Waals surface area contributed by atoms with Crippen LogP contribution in [0.5, 0.6) is 0 Å². The monoisotopic (exact) mass is 878 g/mol. The first-order chi connectivity index (χ1) is 33.0. The summed E-state index contributed by atoms with van der Waals surface area (Å²) in [5.41, 5.74) is 17.3. The Bertz CT molecular complexity index is 3500. The lowest BCUT2D eigenvalue weighted by Crippen LogP contribution is -2.13. The number of benzene rings is 10. The smallest absolute Gasteiger partial charge is 0.0468 e. The van der Waals surface area contributed by atoms with Gasteiger partial charge in [-0.25, -0.2) is 0 Å². The van der Waals surface area contributed by atoms with E-state index in [1.165, 1.54) is 76.8 Å². The van der Waals surface area contributed by atoms with E-state index in [2.05, 4.69) is 270 Å². The fourth-order valence-electron chi connectivity index (χ4n) is 10.4. The number of anilines is 6. The van der Waals surface area contributed by atoms with Gasteiger partial charge in [-0.2, -0.15) is 0 Å². The van der Waals surface area contributed by atoms with Gasteiger partial charge in [0.05, 0.1) is 0 Å². The molecule has 0 amide bonds. The van der Waals surface area contributed by atoms with Gasteiger partial charge in [0.1, 0.15) is 0 Å². The fourth-order valence-corrected chi connectivity index (χ4v) is 10.4. The third-order valence-electron chi connectivity index (χ3n) is 14.0. The standard InChI is InChI=1S/C66H58N2/c1-65(2,3)51-29-33-55(34-30-51)67(53-21-9-7-10-22-53)57-37-39-59-61(43-57)63(49-27-25-45-17-13-15-19-47(45)41-49)60-40-38-58(44-62(60)64(59)50-28-26-46-18-14-16-20-48(46)42-50)68(54-23-11-8-12-24-54)56-35-31-52(32-36-56)66(4,5)6/h7-25,27,29-44H,26,28H2,1-6H3. The largest absolute Gasteiger partial charge is 0.310 e. The molecule has 2 heteroatoms. The van der Waals surface area contributed by atoms with E-state index in [0.717, 1.165) is 47.0 Å². The first-order valence-electron chi connectivity index (χ1n) is 24.2. The van der Waals surface area contributed by atoms with Crippen molar-refractivity contribution in [1.29, 1.82) is 0 Å². The second kappa shape index (κ2) is 17.2. The number of para-hydroxylation sites is 2. The van der Waals surface area contributed by atoms with Crippen LogP contribution in [0.15, 0.2) is 212 Å². The highest BCUT2D eigenvalue weighted by Gasteiger charge is 2.25. The number of aryl methyl sites for hydroxylation is 1. The molecular formula is C66H58N2. The summed E-state index contributed by atoms with van der Waals surface area (Å²) in [5, 5.41) is 7.44. The summed E-state index contributed by atoms with van der Waals surface area (Å²) < 4.78 is 0. The van der Waals surface area contributed by atoms with Crippen molar-refractivity contribution in [2.24, 2.45) is 0 Å². The van der Waals surface area contributed by atoms with Crippen LogP contribution in [0.1, 0.15) is 75.8 Å². The van der Waals surface area contributed by atoms with Gasteiger partial charge in [0.2, 0.25) is 0 Å². The quantitative estimate of drug-likeness (QED) is 0.140. The maximum absolute atomic E-state index is 2.47. The number of nitrogens with zero attached hydrogens (tertiary/aromatic N) is 2. The summed E-state index contributed by atoms with van der Waals surface area (Å²) >= 11 is 0. The van der Waals surface area contributed by atoms with E-state index < -0.39 is 0 Å². The predicted molar refractivity (Wildman–Crippen MR) is 294 cm³/mol. The topological polar surface area (TPSA) is 6.48 Å². The highest BCUT2D eigenvalue weighted by molar-refractivity contribution is 6.21. The lowest BCUT2D eigenvalue weighted by molar-refractivity contribution is 0.590. The first-order valence-corrected chi connectivity index (χ1v) is 24.2. The van der Waals surface area contributed by atoms with Crippen LogP contribution in [-0.2, 0) is 17.3 Å². The van der Waals surface area contributed by atoms with Crippen molar-refractivity contribution in [3.63, 3.8) is 0 Å². The summed E-state index contributed by atoms with van der Waals surface area (Å²) in [7, 11) is 0. The average Bonchev–Trinajstić information content (AvgIpc) is 3.36. The zero-order valence-electron chi connectivity index (χ0n) is 40.1. The molecule has 0 saturated heterocycles. The molecule has 0 heterocycles. The lowest BCUT2D eigenvalue weighted by Gasteiger charge is -2.29. The van der Waals surface area contributed by atoms with Gasteiger partial charge < -0.3 is 9.80 Å². The molecular weight excluding hydrogens is 821 g/mol. The lowest BCUT2D eigenvalue weighted by atomic mass is 9.81. The zero-order chi connectivity index (χ0) is 46.6. The molecule has 0 aromatic heterocycles. The number of hydrogen-bond donors (Lipinski definition) is 0. The maximum Gasteiger partial charge on any atom is 0.0468 e. The maximum atomic E-state index is 2.47. The minimum atomic E-state index is 0.0501. The molecule has 0 atom stereocenters. The van der Waals surface area contributed by atoms with E-state index in [-0.39, 0.29) is 10.8 Å². The molecule has 0 bridgehead atoms. The van der Waals surface area contributed by atoms with Crippen LogP contribution in [0.3, 0.4) is 0 Å². The molecule has 11 rings (SSSR count). The van der Waals surface area contributed by atoms with Crippen LogP contribution in [0.2, 0.25) is 0 Å². The van der Waals surface area contributed by atoms with Crippen molar-refractivity contribution in [2.45, 2.75) is 65.2 Å². The van der Waals surface area contributed by atoms with E-state index in [1.54, 1.807) is 0 Å². The molecule has 1 aliphatic carbocycles. The predicted octanol–water partition coefficient (Wildman–Crippen LogP) is 18.8. The van der Waals surface area contributed by atoms with Crippen molar-refractivity contribution >= 4 is 78.1 Å². The molecule has 1 aliphatic rings. The molecule has 0 unspecified atom stereocenters. The summed E-state index contributed by atoms with van der Waals surface area (Å²) in [6.07, 6.45) is 4.42. The normalized spacial score (nSPS) is 12.8. The molecule has 0 fully saturated rings. The number of hydrogen-bond acceptors (Lipinski definition) is 2. The Morgan fingerprint density at radius 2 is 0.794 bits per heavy atom. The summed E-state index contributed by atoms with van der Waals surface area (Å²) in [6, 6.07) is 79.1. The highest BCUT2D eigenvalue weighted by atomic mass is 15.1. The molecule has 0 radical (unpaired) electrons. The van der Waals surface area contributed by atoms with Crippen LogP contribution >= 0.6 is 0 Å². The Hall–Kier alpha value is -7.68. The van der Waals surface area contributed by atoms with Crippen LogP contribution in [-0.4, -0.2) is 0 Å². The fraction of sp³-hybridized carbons (Fsp3) is 0.152. The van der Waals surface area contributed by atoms with E-state index >= 15 is 0 Å². The third kappa shape index (κ3) is 8.05. The van der Waals surface area contributed by atoms with Gasteiger partial charge in [-0.1, -0.05) is 181 Å². The average molecular weight is 879 g/mol. The van der Waals surface area contributed by atoms with E-state index in [1.807, 2.05) is 0 Å². The first kappa shape index (κ1) is 42.9. The molecule has 2 nitrogen and oxygen atoms in total. The van der Waals surface area contributed by atoms with Gasteiger partial charge in [0, 0.05) is 34.1 Å². The van der Waals surface area contributed by atoms with Gasteiger partial charge in [-0.3, -0.25) is 0 Å². The van der Waals surface area contributed by atoms with Crippen molar-refractivity contribution in [3.05, 3.63) is 240 Å². The van der Waals surface area contributed by atoms with Gasteiger partial charge in [-0.15, -0.1) is 0 Å². The number of allylic oxidation sites excluding steroid dienone is 1. The molecule has 0 spiro atoms. The number of rotatable bonds is 8.